The van der Waals surface area contributed by atoms with E-state index in [9.17, 15) is 0 Å². The second-order valence-electron chi connectivity index (χ2n) is 0.327. The zero-order valence-corrected chi connectivity index (χ0v) is 6.71. The van der Waals surface area contributed by atoms with E-state index in [1.807, 2.05) is 0 Å². The number of hydrogen-bond acceptors (Lipinski definition) is 8. The molecule has 0 radical (unpaired) electrons. The molecule has 0 aromatic heterocycles. The van der Waals surface area contributed by atoms with E-state index in [0.717, 1.165) is 0 Å². The molecule has 0 saturated carbocycles. The van der Waals surface area contributed by atoms with Crippen molar-refractivity contribution in [3.05, 3.63) is 19.6 Å². The summed E-state index contributed by atoms with van der Waals surface area (Å²) in [4.78, 5) is 32.4. The number of rotatable bonds is 0. The Balaban J connectivity index is -0.0000000145. The first-order valence-electron chi connectivity index (χ1n) is 1.53. The second-order valence-corrected chi connectivity index (χ2v) is 0.327. The van der Waals surface area contributed by atoms with Crippen LogP contribution in [0.2, 0.25) is 0 Å². The maximum absolute atomic E-state index is 8.11. The normalized spacial score (nSPS) is 3.43. The predicted molar refractivity (Wildman–Crippen MR) is 49.3 cm³/mol. The van der Waals surface area contributed by atoms with E-state index in [4.69, 9.17) is 40.5 Å². The quantitative estimate of drug-likeness (QED) is 0.261. The van der Waals surface area contributed by atoms with Gasteiger partial charge in [0.2, 0.25) is 0 Å². The van der Waals surface area contributed by atoms with Gasteiger partial charge in [-0.2, -0.15) is 13.5 Å². The van der Waals surface area contributed by atoms with Gasteiger partial charge in [-0.15, -0.1) is 19.6 Å². The SMILES string of the molecule is O=NO.O=NO.O=NO.O=NO.S.[CaH2]. The second kappa shape index (κ2) is 149. The van der Waals surface area contributed by atoms with E-state index in [1.165, 1.54) is 21.4 Å². The molecule has 14 heavy (non-hydrogen) atoms. The Morgan fingerprint density at radius 1 is 0.571 bits per heavy atom. The van der Waals surface area contributed by atoms with E-state index >= 15 is 0 Å². The monoisotopic (exact) mass is 264 g/mol. The Bertz CT molecular complexity index is 75.3. The van der Waals surface area contributed by atoms with E-state index < -0.39 is 0 Å². The van der Waals surface area contributed by atoms with E-state index in [1.54, 1.807) is 0 Å². The summed E-state index contributed by atoms with van der Waals surface area (Å²) in [6.07, 6.45) is 0. The summed E-state index contributed by atoms with van der Waals surface area (Å²) < 4.78 is 0. The van der Waals surface area contributed by atoms with Crippen molar-refractivity contribution in [2.24, 2.45) is 21.4 Å². The Hall–Kier alpha value is -0.790. The predicted octanol–water partition coefficient (Wildman–Crippen LogP) is -0.235. The van der Waals surface area contributed by atoms with Crippen molar-refractivity contribution in [1.82, 2.24) is 0 Å². The Labute approximate surface area is 112 Å². The van der Waals surface area contributed by atoms with Crippen LogP contribution in [0.3, 0.4) is 0 Å². The summed E-state index contributed by atoms with van der Waals surface area (Å²) in [6.45, 7) is 0. The summed E-state index contributed by atoms with van der Waals surface area (Å²) in [5.41, 5.74) is 0. The first-order chi connectivity index (χ1) is 5.66. The van der Waals surface area contributed by atoms with E-state index in [2.05, 4.69) is 0 Å². The van der Waals surface area contributed by atoms with Crippen LogP contribution in [0.1, 0.15) is 0 Å². The van der Waals surface area contributed by atoms with Crippen molar-refractivity contribution in [2.45, 2.75) is 0 Å². The summed E-state index contributed by atoms with van der Waals surface area (Å²) in [5.74, 6) is 0. The molecule has 0 heterocycles. The van der Waals surface area contributed by atoms with Crippen molar-refractivity contribution in [2.75, 3.05) is 0 Å². The van der Waals surface area contributed by atoms with Gasteiger partial charge in [0, 0.05) is 0 Å². The third-order valence-electron chi connectivity index (χ3n) is 0. The molecule has 4 N–H and O–H groups in total. The standard InChI is InChI=1S/Ca.4HNO2.H2S.2H/c;4*2-1-3;;;/h;4*(H,2,3);1H2;;. The van der Waals surface area contributed by atoms with Gasteiger partial charge in [0.1, 0.15) is 0 Å². The Morgan fingerprint density at radius 3 is 0.571 bits per heavy atom. The molecule has 0 rings (SSSR count). The fourth-order valence-corrected chi connectivity index (χ4v) is 0. The van der Waals surface area contributed by atoms with Crippen LogP contribution in [0.5, 0.6) is 0 Å². The topological polar surface area (TPSA) is 199 Å². The van der Waals surface area contributed by atoms with Gasteiger partial charge < -0.3 is 20.8 Å². The van der Waals surface area contributed by atoms with Crippen LogP contribution >= 0.6 is 13.5 Å². The number of nitrogens with zero attached hydrogens (tertiary/aromatic N) is 4. The van der Waals surface area contributed by atoms with Crippen molar-refractivity contribution >= 4 is 51.2 Å². The fraction of sp³-hybridized carbons (Fsp3) is 0. The number of hydrogen-bond donors (Lipinski definition) is 4. The molecule has 0 aromatic carbocycles. The Kier molecular flexibility index (Phi) is 403. The van der Waals surface area contributed by atoms with E-state index in [0.29, 0.717) is 0 Å². The minimum absolute atomic E-state index is 0. The van der Waals surface area contributed by atoms with Crippen LogP contribution < -0.4 is 0 Å². The Morgan fingerprint density at radius 2 is 0.571 bits per heavy atom. The molecule has 84 valence electrons. The molecule has 0 bridgehead atoms. The molecule has 0 amide bonds. The molecule has 0 fully saturated rings. The third kappa shape index (κ3) is 1870. The van der Waals surface area contributed by atoms with Crippen LogP contribution in [0.4, 0.5) is 0 Å². The molecule has 0 atom stereocenters. The van der Waals surface area contributed by atoms with Crippen LogP contribution in [-0.4, -0.2) is 58.6 Å². The summed E-state index contributed by atoms with van der Waals surface area (Å²) in [7, 11) is 0. The van der Waals surface area contributed by atoms with Crippen molar-refractivity contribution in [3.63, 3.8) is 0 Å². The molecule has 14 heteroatoms. The van der Waals surface area contributed by atoms with Gasteiger partial charge in [-0.1, -0.05) is 0 Å². The summed E-state index contributed by atoms with van der Waals surface area (Å²) in [6, 6.07) is 0. The van der Waals surface area contributed by atoms with Crippen LogP contribution in [0.25, 0.3) is 0 Å². The molecule has 0 aliphatic carbocycles. The molecule has 0 aromatic rings. The van der Waals surface area contributed by atoms with E-state index in [-0.39, 0.29) is 51.2 Å². The third-order valence-corrected chi connectivity index (χ3v) is 0. The molecule has 0 aliphatic heterocycles. The molecule has 0 unspecified atom stereocenters. The molecular weight excluding hydrogens is 256 g/mol. The summed E-state index contributed by atoms with van der Waals surface area (Å²) in [5, 5.41) is 31.6. The first-order valence-corrected chi connectivity index (χ1v) is 1.53. The fourth-order valence-electron chi connectivity index (χ4n) is 0. The van der Waals surface area contributed by atoms with Crippen molar-refractivity contribution in [1.29, 1.82) is 0 Å². The van der Waals surface area contributed by atoms with Gasteiger partial charge in [0.05, 0.1) is 0 Å². The van der Waals surface area contributed by atoms with Gasteiger partial charge in [0.15, 0.2) is 21.4 Å². The minimum atomic E-state index is 0. The van der Waals surface area contributed by atoms with Gasteiger partial charge in [-0.25, -0.2) is 0 Å². The average molecular weight is 264 g/mol. The molecule has 0 saturated heterocycles. The average Bonchev–Trinajstić information content (AvgIpc) is 1.92. The summed E-state index contributed by atoms with van der Waals surface area (Å²) >= 11 is 0. The van der Waals surface area contributed by atoms with Gasteiger partial charge in [-0.3, -0.25) is 0 Å². The maximum atomic E-state index is 8.11. The van der Waals surface area contributed by atoms with Gasteiger partial charge >= 0.3 is 37.7 Å². The van der Waals surface area contributed by atoms with Crippen molar-refractivity contribution in [3.8, 4) is 0 Å². The molecule has 0 aliphatic rings. The molecule has 12 nitrogen and oxygen atoms in total. The zero-order chi connectivity index (χ0) is 10.8. The molecular formula is H8CaN4O8S. The zero-order valence-electron chi connectivity index (χ0n) is 5.71. The van der Waals surface area contributed by atoms with Crippen molar-refractivity contribution < 1.29 is 20.8 Å². The van der Waals surface area contributed by atoms with Crippen LogP contribution in [0, 0.1) is 19.6 Å². The van der Waals surface area contributed by atoms with Crippen LogP contribution in [-0.2, 0) is 0 Å². The van der Waals surface area contributed by atoms with Gasteiger partial charge in [-0.05, 0) is 0 Å². The van der Waals surface area contributed by atoms with Gasteiger partial charge in [0.25, 0.3) is 0 Å². The first kappa shape index (κ1) is 37.9. The molecule has 0 spiro atoms. The van der Waals surface area contributed by atoms with Crippen LogP contribution in [0.15, 0.2) is 21.4 Å².